The predicted octanol–water partition coefficient (Wildman–Crippen LogP) is 3.80. The molecule has 3 aromatic heterocycles. The number of amides is 1. The lowest BCUT2D eigenvalue weighted by molar-refractivity contribution is 0.0988. The van der Waals surface area contributed by atoms with Gasteiger partial charge in [-0.2, -0.15) is 15.3 Å². The number of hydrogen-bond donors (Lipinski definition) is 2. The van der Waals surface area contributed by atoms with E-state index < -0.39 is 11.6 Å². The van der Waals surface area contributed by atoms with Gasteiger partial charge >= 0.3 is 0 Å². The Kier molecular flexibility index (Phi) is 6.34. The van der Waals surface area contributed by atoms with E-state index in [1.54, 1.807) is 47.1 Å². The zero-order valence-electron chi connectivity index (χ0n) is 21.0. The van der Waals surface area contributed by atoms with Gasteiger partial charge in [0, 0.05) is 18.8 Å². The monoisotopic (exact) mass is 530 g/mol. The van der Waals surface area contributed by atoms with Gasteiger partial charge in [-0.1, -0.05) is 37.6 Å². The van der Waals surface area contributed by atoms with Gasteiger partial charge in [-0.15, -0.1) is 0 Å². The van der Waals surface area contributed by atoms with Crippen molar-refractivity contribution in [1.29, 1.82) is 5.26 Å². The van der Waals surface area contributed by atoms with Crippen molar-refractivity contribution in [3.8, 4) is 17.6 Å². The molecule has 1 aliphatic heterocycles. The number of aromatic nitrogens is 5. The molecule has 1 amide bonds. The third kappa shape index (κ3) is 3.95. The molecule has 0 aliphatic carbocycles. The second-order valence-corrected chi connectivity index (χ2v) is 9.31. The summed E-state index contributed by atoms with van der Waals surface area (Å²) in [5, 5.41) is 16.9. The van der Waals surface area contributed by atoms with Crippen LogP contribution in [-0.4, -0.2) is 44.8 Å². The summed E-state index contributed by atoms with van der Waals surface area (Å²) in [5.74, 6) is 0.223. The lowest BCUT2D eigenvalue weighted by atomic mass is 9.94. The Labute approximate surface area is 222 Å². The molecule has 5 rings (SSSR count). The van der Waals surface area contributed by atoms with Gasteiger partial charge in [0.1, 0.15) is 10.7 Å². The zero-order chi connectivity index (χ0) is 27.1. The van der Waals surface area contributed by atoms with Crippen LogP contribution in [0.2, 0.25) is 5.02 Å². The van der Waals surface area contributed by atoms with E-state index in [1.807, 2.05) is 13.8 Å². The number of ether oxygens (including phenoxy) is 1. The van der Waals surface area contributed by atoms with Crippen LogP contribution < -0.4 is 20.5 Å². The molecule has 1 unspecified atom stereocenters. The molecule has 4 heterocycles. The molecule has 1 aliphatic rings. The normalized spacial score (nSPS) is 14.5. The summed E-state index contributed by atoms with van der Waals surface area (Å²) in [5.41, 5.74) is 3.38. The molecule has 0 fully saturated rings. The maximum Gasteiger partial charge on any atom is 0.280 e. The van der Waals surface area contributed by atoms with Crippen molar-refractivity contribution in [2.75, 3.05) is 24.4 Å². The number of H-pyrrole nitrogens is 1. The van der Waals surface area contributed by atoms with E-state index in [1.165, 1.54) is 19.4 Å². The summed E-state index contributed by atoms with van der Waals surface area (Å²) in [6.07, 6.45) is 3.04. The number of methoxy groups -OCH3 is 1. The largest absolute Gasteiger partial charge is 0.479 e. The number of nitrogens with one attached hydrogen (secondary N) is 2. The summed E-state index contributed by atoms with van der Waals surface area (Å²) in [6, 6.07) is 9.97. The van der Waals surface area contributed by atoms with Crippen LogP contribution in [0.5, 0.6) is 5.88 Å². The van der Waals surface area contributed by atoms with Crippen LogP contribution in [0.4, 0.5) is 11.6 Å². The van der Waals surface area contributed by atoms with E-state index in [0.717, 1.165) is 11.3 Å². The number of fused-ring (bicyclic) bond motifs is 1. The number of pyridine rings is 1. The van der Waals surface area contributed by atoms with E-state index in [4.69, 9.17) is 21.4 Å². The van der Waals surface area contributed by atoms with Gasteiger partial charge in [0.05, 0.1) is 42.4 Å². The number of carbonyl (C=O) groups is 1. The average Bonchev–Trinajstić information content (AvgIpc) is 3.45. The van der Waals surface area contributed by atoms with Crippen molar-refractivity contribution in [3.05, 3.63) is 86.2 Å². The van der Waals surface area contributed by atoms with Crippen LogP contribution in [0.25, 0.3) is 5.69 Å². The van der Waals surface area contributed by atoms with Gasteiger partial charge in [0.25, 0.3) is 11.5 Å². The van der Waals surface area contributed by atoms with Crippen LogP contribution in [-0.2, 0) is 0 Å². The van der Waals surface area contributed by atoms with E-state index in [-0.39, 0.29) is 22.5 Å². The van der Waals surface area contributed by atoms with E-state index in [0.29, 0.717) is 34.3 Å². The molecular formula is C26H23ClN8O3. The fourth-order valence-electron chi connectivity index (χ4n) is 4.65. The molecule has 2 N–H and O–H groups in total. The van der Waals surface area contributed by atoms with Crippen LogP contribution in [0.1, 0.15) is 58.7 Å². The van der Waals surface area contributed by atoms with Gasteiger partial charge in [0.2, 0.25) is 11.8 Å². The number of hydrogen-bond acceptors (Lipinski definition) is 8. The summed E-state index contributed by atoms with van der Waals surface area (Å²) >= 11 is 6.13. The number of carbonyl (C=O) groups excluding carboxylic acids is 1. The second kappa shape index (κ2) is 9.64. The fraction of sp³-hybridized carbons (Fsp3) is 0.231. The number of halogens is 1. The lowest BCUT2D eigenvalue weighted by Crippen LogP contribution is -2.31. The van der Waals surface area contributed by atoms with E-state index in [2.05, 4.69) is 26.3 Å². The van der Waals surface area contributed by atoms with Crippen molar-refractivity contribution < 1.29 is 9.53 Å². The highest BCUT2D eigenvalue weighted by Gasteiger charge is 2.45. The first-order valence-electron chi connectivity index (χ1n) is 11.7. The molecule has 0 saturated heterocycles. The number of nitrogens with zero attached hydrogens (tertiary/aromatic N) is 6. The van der Waals surface area contributed by atoms with Gasteiger partial charge in [-0.05, 0) is 29.7 Å². The SMILES string of the molecule is CNc1ncc(-n2nc3c(c2C(C)C)C(c2ccc(C#N)cc2)N(c2c[nH]c(=O)c(Cl)c2)C3=O)c(OC)n1. The molecule has 1 aromatic carbocycles. The highest BCUT2D eigenvalue weighted by molar-refractivity contribution is 6.30. The predicted molar refractivity (Wildman–Crippen MR) is 141 cm³/mol. The number of nitriles is 1. The first-order valence-corrected chi connectivity index (χ1v) is 12.1. The van der Waals surface area contributed by atoms with Crippen LogP contribution in [0, 0.1) is 11.3 Å². The molecule has 38 heavy (non-hydrogen) atoms. The summed E-state index contributed by atoms with van der Waals surface area (Å²) in [4.78, 5) is 38.8. The summed E-state index contributed by atoms with van der Waals surface area (Å²) in [7, 11) is 3.21. The molecule has 0 bridgehead atoms. The highest BCUT2D eigenvalue weighted by atomic mass is 35.5. The number of rotatable bonds is 6. The maximum absolute atomic E-state index is 14.0. The summed E-state index contributed by atoms with van der Waals surface area (Å²) in [6.45, 7) is 4.01. The molecular weight excluding hydrogens is 508 g/mol. The first kappa shape index (κ1) is 25.0. The first-order chi connectivity index (χ1) is 18.3. The average molecular weight is 531 g/mol. The van der Waals surface area contributed by atoms with Crippen molar-refractivity contribution >= 4 is 29.1 Å². The van der Waals surface area contributed by atoms with Crippen molar-refractivity contribution in [1.82, 2.24) is 24.7 Å². The minimum atomic E-state index is -0.609. The Hall–Kier alpha value is -4.69. The molecule has 0 saturated carbocycles. The number of anilines is 2. The van der Waals surface area contributed by atoms with Gasteiger partial charge in [-0.25, -0.2) is 9.67 Å². The molecule has 1 atom stereocenters. The Morgan fingerprint density at radius 2 is 1.97 bits per heavy atom. The summed E-state index contributed by atoms with van der Waals surface area (Å²) < 4.78 is 7.18. The highest BCUT2D eigenvalue weighted by Crippen LogP contribution is 2.45. The Bertz CT molecular complexity index is 1650. The second-order valence-electron chi connectivity index (χ2n) is 8.90. The molecule has 192 valence electrons. The van der Waals surface area contributed by atoms with Gasteiger partial charge in [0.15, 0.2) is 5.69 Å². The quantitative estimate of drug-likeness (QED) is 0.383. The molecule has 0 spiro atoms. The Morgan fingerprint density at radius 3 is 2.58 bits per heavy atom. The van der Waals surface area contributed by atoms with Gasteiger partial charge < -0.3 is 15.0 Å². The smallest absolute Gasteiger partial charge is 0.280 e. The van der Waals surface area contributed by atoms with E-state index >= 15 is 0 Å². The zero-order valence-corrected chi connectivity index (χ0v) is 21.7. The topological polar surface area (TPSA) is 142 Å². The van der Waals surface area contributed by atoms with Crippen LogP contribution in [0.3, 0.4) is 0 Å². The minimum absolute atomic E-state index is 0.0425. The van der Waals surface area contributed by atoms with Gasteiger partial charge in [-0.3, -0.25) is 14.5 Å². The van der Waals surface area contributed by atoms with Crippen molar-refractivity contribution in [2.24, 2.45) is 0 Å². The molecule has 11 nitrogen and oxygen atoms in total. The third-order valence-corrected chi connectivity index (χ3v) is 6.60. The van der Waals surface area contributed by atoms with E-state index in [9.17, 15) is 14.9 Å². The lowest BCUT2D eigenvalue weighted by Gasteiger charge is -2.27. The number of benzene rings is 1. The van der Waals surface area contributed by atoms with Crippen LogP contribution >= 0.6 is 11.6 Å². The van der Waals surface area contributed by atoms with Crippen LogP contribution in [0.15, 0.2) is 47.5 Å². The Morgan fingerprint density at radius 1 is 1.24 bits per heavy atom. The fourth-order valence-corrected chi connectivity index (χ4v) is 4.82. The standard InChI is InChI=1S/C26H23ClN8O3/c1-13(2)21-19-20(33-35(21)18-12-31-26(29-3)32-24(18)38-4)25(37)34(16-9-17(27)23(36)30-11-16)22(19)15-7-5-14(10-28)6-8-15/h5-9,11-13,22H,1-4H3,(H,30,36)(H,29,31,32). The number of aromatic amines is 1. The maximum atomic E-state index is 14.0. The van der Waals surface area contributed by atoms with Crippen molar-refractivity contribution in [3.63, 3.8) is 0 Å². The molecule has 4 aromatic rings. The molecule has 0 radical (unpaired) electrons. The van der Waals surface area contributed by atoms with Crippen molar-refractivity contribution in [2.45, 2.75) is 25.8 Å². The Balaban J connectivity index is 1.78. The molecule has 12 heteroatoms. The third-order valence-electron chi connectivity index (χ3n) is 6.32. The minimum Gasteiger partial charge on any atom is -0.479 e.